The molecule has 1 fully saturated rings. The predicted molar refractivity (Wildman–Crippen MR) is 74.7 cm³/mol. The van der Waals surface area contributed by atoms with Crippen LogP contribution in [0.15, 0.2) is 12.1 Å². The van der Waals surface area contributed by atoms with Crippen LogP contribution < -0.4 is 9.47 Å². The molecule has 1 aromatic rings. The van der Waals surface area contributed by atoms with Crippen LogP contribution in [0.4, 0.5) is 0 Å². The molecule has 0 aromatic heterocycles. The third-order valence-electron chi connectivity index (χ3n) is 3.50. The lowest BCUT2D eigenvalue weighted by Gasteiger charge is -2.28. The van der Waals surface area contributed by atoms with Gasteiger partial charge in [-0.15, -0.1) is 0 Å². The predicted octanol–water partition coefficient (Wildman–Crippen LogP) is 3.68. The normalized spacial score (nSPS) is 21.6. The van der Waals surface area contributed by atoms with Crippen molar-refractivity contribution in [3.05, 3.63) is 22.7 Å². The molecule has 5 heteroatoms. The zero-order chi connectivity index (χ0) is 14.5. The molecule has 0 N–H and O–H groups in total. The maximum atomic E-state index is 9.18. The smallest absolute Gasteiger partial charge is 0.180 e. The highest BCUT2D eigenvalue weighted by atomic mass is 35.5. The Balaban J connectivity index is 2.29. The van der Waals surface area contributed by atoms with Gasteiger partial charge < -0.3 is 9.47 Å². The maximum Gasteiger partial charge on any atom is 0.180 e. The molecule has 1 aliphatic rings. The van der Waals surface area contributed by atoms with Gasteiger partial charge in [0, 0.05) is 6.07 Å². The zero-order valence-electron chi connectivity index (χ0n) is 11.2. The molecule has 0 amide bonds. The first-order valence-electron chi connectivity index (χ1n) is 6.53. The van der Waals surface area contributed by atoms with Crippen LogP contribution in [-0.4, -0.2) is 13.2 Å². The summed E-state index contributed by atoms with van der Waals surface area (Å²) in [6.07, 6.45) is 3.60. The molecule has 4 nitrogen and oxygen atoms in total. The van der Waals surface area contributed by atoms with Gasteiger partial charge in [0.15, 0.2) is 11.5 Å². The SMILES string of the molecule is COc1cc(C#N)cc(Cl)c1OC1CCCCC1C#N. The summed E-state index contributed by atoms with van der Waals surface area (Å²) in [5.74, 6) is 0.719. The number of nitriles is 2. The van der Waals surface area contributed by atoms with Crippen molar-refractivity contribution in [3.8, 4) is 23.6 Å². The summed E-state index contributed by atoms with van der Waals surface area (Å²) < 4.78 is 11.2. The molecule has 0 bridgehead atoms. The average molecular weight is 291 g/mol. The Kier molecular flexibility index (Phi) is 4.71. The van der Waals surface area contributed by atoms with Crippen LogP contribution in [0.3, 0.4) is 0 Å². The minimum Gasteiger partial charge on any atom is -0.493 e. The third-order valence-corrected chi connectivity index (χ3v) is 3.78. The summed E-state index contributed by atoms with van der Waals surface area (Å²) >= 11 is 6.16. The Morgan fingerprint density at radius 1 is 1.25 bits per heavy atom. The third kappa shape index (κ3) is 2.98. The summed E-state index contributed by atoms with van der Waals surface area (Å²) in [5.41, 5.74) is 0.416. The van der Waals surface area contributed by atoms with E-state index in [4.69, 9.17) is 26.3 Å². The number of benzene rings is 1. The summed E-state index contributed by atoms with van der Waals surface area (Å²) in [6.45, 7) is 0. The summed E-state index contributed by atoms with van der Waals surface area (Å²) in [7, 11) is 1.50. The Hall–Kier alpha value is -1.91. The molecule has 0 heterocycles. The second-order valence-electron chi connectivity index (χ2n) is 4.78. The van der Waals surface area contributed by atoms with Crippen molar-refractivity contribution < 1.29 is 9.47 Å². The minimum atomic E-state index is -0.173. The van der Waals surface area contributed by atoms with Crippen molar-refractivity contribution in [1.82, 2.24) is 0 Å². The number of hydrogen-bond donors (Lipinski definition) is 0. The van der Waals surface area contributed by atoms with E-state index < -0.39 is 0 Å². The molecule has 2 rings (SSSR count). The summed E-state index contributed by atoms with van der Waals surface area (Å²) in [5, 5.41) is 18.4. The standard InChI is InChI=1S/C15H15ClN2O2/c1-19-14-7-10(8-17)6-12(16)15(14)20-13-5-3-2-4-11(13)9-18/h6-7,11,13H,2-5H2,1H3. The van der Waals surface area contributed by atoms with Gasteiger partial charge in [0.05, 0.1) is 35.8 Å². The van der Waals surface area contributed by atoms with Gasteiger partial charge in [-0.3, -0.25) is 0 Å². The Morgan fingerprint density at radius 2 is 2.00 bits per heavy atom. The van der Waals surface area contributed by atoms with Gasteiger partial charge in [-0.25, -0.2) is 0 Å². The lowest BCUT2D eigenvalue weighted by molar-refractivity contribution is 0.116. The molecule has 2 unspecified atom stereocenters. The lowest BCUT2D eigenvalue weighted by atomic mass is 9.87. The van der Waals surface area contributed by atoms with Gasteiger partial charge in [0.2, 0.25) is 0 Å². The van der Waals surface area contributed by atoms with Crippen molar-refractivity contribution in [2.24, 2.45) is 5.92 Å². The van der Waals surface area contributed by atoms with E-state index >= 15 is 0 Å². The van der Waals surface area contributed by atoms with Gasteiger partial charge in [-0.05, 0) is 25.3 Å². The molecule has 0 aliphatic heterocycles. The van der Waals surface area contributed by atoms with Crippen molar-refractivity contribution in [3.63, 3.8) is 0 Å². The summed E-state index contributed by atoms with van der Waals surface area (Å²) in [6, 6.07) is 7.45. The number of ether oxygens (including phenoxy) is 2. The lowest BCUT2D eigenvalue weighted by Crippen LogP contribution is -2.29. The number of methoxy groups -OCH3 is 1. The van der Waals surface area contributed by atoms with Crippen LogP contribution in [0.1, 0.15) is 31.2 Å². The molecular weight excluding hydrogens is 276 g/mol. The molecule has 104 valence electrons. The van der Waals surface area contributed by atoms with Crippen LogP contribution >= 0.6 is 11.6 Å². The monoisotopic (exact) mass is 290 g/mol. The topological polar surface area (TPSA) is 66.0 Å². The molecule has 2 atom stereocenters. The highest BCUT2D eigenvalue weighted by Gasteiger charge is 2.28. The van der Waals surface area contributed by atoms with Crippen molar-refractivity contribution in [2.45, 2.75) is 31.8 Å². The Bertz CT molecular complexity index is 574. The molecule has 20 heavy (non-hydrogen) atoms. The molecule has 1 saturated carbocycles. The largest absolute Gasteiger partial charge is 0.493 e. The molecule has 0 spiro atoms. The highest BCUT2D eigenvalue weighted by Crippen LogP contribution is 2.39. The fourth-order valence-electron chi connectivity index (χ4n) is 2.44. The van der Waals surface area contributed by atoms with Crippen LogP contribution in [0.5, 0.6) is 11.5 Å². The number of nitrogens with zero attached hydrogens (tertiary/aromatic N) is 2. The van der Waals surface area contributed by atoms with Crippen LogP contribution in [0.2, 0.25) is 5.02 Å². The van der Waals surface area contributed by atoms with Crippen molar-refractivity contribution in [1.29, 1.82) is 10.5 Å². The van der Waals surface area contributed by atoms with E-state index in [1.165, 1.54) is 7.11 Å². The second-order valence-corrected chi connectivity index (χ2v) is 5.18. The first-order valence-corrected chi connectivity index (χ1v) is 6.91. The molecule has 0 radical (unpaired) electrons. The molecule has 0 saturated heterocycles. The van der Waals surface area contributed by atoms with Gasteiger partial charge in [-0.1, -0.05) is 18.0 Å². The Morgan fingerprint density at radius 3 is 2.65 bits per heavy atom. The van der Waals surface area contributed by atoms with Crippen LogP contribution in [0, 0.1) is 28.6 Å². The number of hydrogen-bond acceptors (Lipinski definition) is 4. The molecule has 1 aliphatic carbocycles. The Labute approximate surface area is 123 Å². The number of halogens is 1. The van der Waals surface area contributed by atoms with Gasteiger partial charge >= 0.3 is 0 Å². The van der Waals surface area contributed by atoms with E-state index in [1.54, 1.807) is 12.1 Å². The van der Waals surface area contributed by atoms with E-state index in [0.29, 0.717) is 22.1 Å². The molecular formula is C15H15ClN2O2. The van der Waals surface area contributed by atoms with E-state index in [0.717, 1.165) is 25.7 Å². The first-order chi connectivity index (χ1) is 9.69. The fraction of sp³-hybridized carbons (Fsp3) is 0.467. The van der Waals surface area contributed by atoms with Gasteiger partial charge in [0.1, 0.15) is 6.10 Å². The number of rotatable bonds is 3. The summed E-state index contributed by atoms with van der Waals surface area (Å²) in [4.78, 5) is 0. The van der Waals surface area contributed by atoms with E-state index in [2.05, 4.69) is 6.07 Å². The van der Waals surface area contributed by atoms with Crippen LogP contribution in [-0.2, 0) is 0 Å². The van der Waals surface area contributed by atoms with Crippen molar-refractivity contribution in [2.75, 3.05) is 7.11 Å². The zero-order valence-corrected chi connectivity index (χ0v) is 12.0. The van der Waals surface area contributed by atoms with E-state index in [9.17, 15) is 5.26 Å². The highest BCUT2D eigenvalue weighted by molar-refractivity contribution is 6.32. The van der Waals surface area contributed by atoms with Crippen LogP contribution in [0.25, 0.3) is 0 Å². The van der Waals surface area contributed by atoms with E-state index in [1.807, 2.05) is 6.07 Å². The quantitative estimate of drug-likeness (QED) is 0.851. The van der Waals surface area contributed by atoms with Gasteiger partial charge in [-0.2, -0.15) is 10.5 Å². The average Bonchev–Trinajstić information content (AvgIpc) is 2.49. The first kappa shape index (κ1) is 14.5. The van der Waals surface area contributed by atoms with Gasteiger partial charge in [0.25, 0.3) is 0 Å². The molecule has 1 aromatic carbocycles. The van der Waals surface area contributed by atoms with E-state index in [-0.39, 0.29) is 12.0 Å². The maximum absolute atomic E-state index is 9.18. The minimum absolute atomic E-state index is 0.125. The second kappa shape index (κ2) is 6.50. The van der Waals surface area contributed by atoms with Crippen molar-refractivity contribution >= 4 is 11.6 Å². The fourth-order valence-corrected chi connectivity index (χ4v) is 2.69.